The van der Waals surface area contributed by atoms with Crippen molar-refractivity contribution >= 4 is 62.3 Å². The summed E-state index contributed by atoms with van der Waals surface area (Å²) in [6.07, 6.45) is 0.303. The number of hydrogen-bond donors (Lipinski definition) is 1. The standard InChI is InChI=1S/C29H32Cl3N3O4S/c1-5-27(29(37)33-19(2)3)34(17-21-8-15-25(31)26(32)16-21)28(36)18-35(23-11-9-22(30)10-12-23)40(38,39)24-13-6-20(4)7-14-24/h6-16,19,27H,5,17-18H2,1-4H3,(H,33,37)/t27-/m1/s1. The Labute approximate surface area is 251 Å². The van der Waals surface area contributed by atoms with E-state index in [0.717, 1.165) is 9.87 Å². The molecule has 0 bridgehead atoms. The van der Waals surface area contributed by atoms with E-state index in [0.29, 0.717) is 27.1 Å². The van der Waals surface area contributed by atoms with Crippen LogP contribution in [0.15, 0.2) is 71.6 Å². The van der Waals surface area contributed by atoms with E-state index < -0.39 is 28.5 Å². The van der Waals surface area contributed by atoms with E-state index >= 15 is 0 Å². The van der Waals surface area contributed by atoms with Crippen LogP contribution in [0.25, 0.3) is 0 Å². The Morgan fingerprint density at radius 1 is 0.900 bits per heavy atom. The Bertz CT molecular complexity index is 1450. The second-order valence-corrected chi connectivity index (χ2v) is 12.8. The van der Waals surface area contributed by atoms with E-state index in [1.54, 1.807) is 49.4 Å². The predicted molar refractivity (Wildman–Crippen MR) is 162 cm³/mol. The molecule has 0 spiro atoms. The maximum Gasteiger partial charge on any atom is 0.264 e. The Balaban J connectivity index is 2.07. The Kier molecular flexibility index (Phi) is 10.9. The second-order valence-electron chi connectivity index (χ2n) is 9.66. The molecular weight excluding hydrogens is 593 g/mol. The highest BCUT2D eigenvalue weighted by atomic mass is 35.5. The fourth-order valence-electron chi connectivity index (χ4n) is 4.11. The van der Waals surface area contributed by atoms with Crippen molar-refractivity contribution in [3.05, 3.63) is 92.9 Å². The van der Waals surface area contributed by atoms with E-state index in [4.69, 9.17) is 34.8 Å². The first-order valence-corrected chi connectivity index (χ1v) is 15.3. The van der Waals surface area contributed by atoms with Gasteiger partial charge in [0.05, 0.1) is 20.6 Å². The molecule has 0 aliphatic carbocycles. The number of carbonyl (C=O) groups is 2. The molecule has 2 amide bonds. The van der Waals surface area contributed by atoms with Gasteiger partial charge in [-0.05, 0) is 81.3 Å². The highest BCUT2D eigenvalue weighted by Crippen LogP contribution is 2.27. The van der Waals surface area contributed by atoms with Crippen molar-refractivity contribution < 1.29 is 18.0 Å². The molecule has 214 valence electrons. The van der Waals surface area contributed by atoms with Crippen molar-refractivity contribution in [1.29, 1.82) is 0 Å². The van der Waals surface area contributed by atoms with Crippen LogP contribution in [0.4, 0.5) is 5.69 Å². The van der Waals surface area contributed by atoms with E-state index in [1.165, 1.54) is 29.2 Å². The lowest BCUT2D eigenvalue weighted by Crippen LogP contribution is -2.53. The van der Waals surface area contributed by atoms with Gasteiger partial charge in [-0.25, -0.2) is 8.42 Å². The van der Waals surface area contributed by atoms with Gasteiger partial charge in [0.15, 0.2) is 0 Å². The molecule has 0 radical (unpaired) electrons. The van der Waals surface area contributed by atoms with E-state index in [9.17, 15) is 18.0 Å². The Morgan fingerprint density at radius 3 is 2.08 bits per heavy atom. The van der Waals surface area contributed by atoms with Gasteiger partial charge in [-0.1, -0.05) is 65.5 Å². The summed E-state index contributed by atoms with van der Waals surface area (Å²) in [5, 5.41) is 3.93. The third kappa shape index (κ3) is 7.91. The molecule has 0 saturated carbocycles. The lowest BCUT2D eigenvalue weighted by atomic mass is 10.1. The van der Waals surface area contributed by atoms with E-state index in [-0.39, 0.29) is 29.1 Å². The summed E-state index contributed by atoms with van der Waals surface area (Å²) in [5.41, 5.74) is 1.79. The first kappa shape index (κ1) is 31.7. The molecule has 0 heterocycles. The molecular formula is C29H32Cl3N3O4S. The van der Waals surface area contributed by atoms with Crippen LogP contribution in [0, 0.1) is 6.92 Å². The number of anilines is 1. The van der Waals surface area contributed by atoms with Crippen molar-refractivity contribution in [2.75, 3.05) is 10.8 Å². The number of halogens is 3. The fraction of sp³-hybridized carbons (Fsp3) is 0.310. The molecule has 3 aromatic carbocycles. The van der Waals surface area contributed by atoms with Gasteiger partial charge >= 0.3 is 0 Å². The second kappa shape index (κ2) is 13.7. The molecule has 0 fully saturated rings. The first-order chi connectivity index (χ1) is 18.8. The summed E-state index contributed by atoms with van der Waals surface area (Å²) < 4.78 is 28.7. The summed E-state index contributed by atoms with van der Waals surface area (Å²) in [4.78, 5) is 28.6. The van der Waals surface area contributed by atoms with Crippen molar-refractivity contribution in [3.8, 4) is 0 Å². The van der Waals surface area contributed by atoms with Crippen molar-refractivity contribution in [1.82, 2.24) is 10.2 Å². The monoisotopic (exact) mass is 623 g/mol. The number of sulfonamides is 1. The summed E-state index contributed by atoms with van der Waals surface area (Å²) in [6, 6.07) is 16.5. The van der Waals surface area contributed by atoms with Crippen LogP contribution < -0.4 is 9.62 Å². The fourth-order valence-corrected chi connectivity index (χ4v) is 5.97. The van der Waals surface area contributed by atoms with Gasteiger partial charge in [0.2, 0.25) is 11.8 Å². The van der Waals surface area contributed by atoms with Gasteiger partial charge in [-0.2, -0.15) is 0 Å². The number of benzene rings is 3. The zero-order valence-corrected chi connectivity index (χ0v) is 25.8. The van der Waals surface area contributed by atoms with Gasteiger partial charge in [0, 0.05) is 17.6 Å². The van der Waals surface area contributed by atoms with E-state index in [2.05, 4.69) is 5.32 Å². The number of rotatable bonds is 11. The molecule has 3 rings (SSSR count). The minimum absolute atomic E-state index is 0.0127. The Hall–Kier alpha value is -2.78. The van der Waals surface area contributed by atoms with Gasteiger partial charge in [0.1, 0.15) is 12.6 Å². The third-order valence-electron chi connectivity index (χ3n) is 6.16. The number of carbonyl (C=O) groups excluding carboxylic acids is 2. The minimum Gasteiger partial charge on any atom is -0.352 e. The number of hydrogen-bond acceptors (Lipinski definition) is 4. The average Bonchev–Trinajstić information content (AvgIpc) is 2.89. The van der Waals surface area contributed by atoms with Crippen LogP contribution in [0.2, 0.25) is 15.1 Å². The molecule has 7 nitrogen and oxygen atoms in total. The van der Waals surface area contributed by atoms with Crippen LogP contribution >= 0.6 is 34.8 Å². The van der Waals surface area contributed by atoms with Gasteiger partial charge in [-0.15, -0.1) is 0 Å². The van der Waals surface area contributed by atoms with E-state index in [1.807, 2.05) is 20.8 Å². The number of nitrogens with one attached hydrogen (secondary N) is 1. The number of nitrogens with zero attached hydrogens (tertiary/aromatic N) is 2. The van der Waals surface area contributed by atoms with Gasteiger partial charge in [-0.3, -0.25) is 13.9 Å². The van der Waals surface area contributed by atoms with Crippen LogP contribution in [0.1, 0.15) is 38.3 Å². The van der Waals surface area contributed by atoms with Crippen molar-refractivity contribution in [2.45, 2.75) is 57.6 Å². The molecule has 1 atom stereocenters. The molecule has 0 aromatic heterocycles. The third-order valence-corrected chi connectivity index (χ3v) is 8.94. The molecule has 1 N–H and O–H groups in total. The largest absolute Gasteiger partial charge is 0.352 e. The summed E-state index contributed by atoms with van der Waals surface area (Å²) in [7, 11) is -4.17. The molecule has 40 heavy (non-hydrogen) atoms. The average molecular weight is 625 g/mol. The van der Waals surface area contributed by atoms with Gasteiger partial charge in [0.25, 0.3) is 10.0 Å². The SMILES string of the molecule is CC[C@H](C(=O)NC(C)C)N(Cc1ccc(Cl)c(Cl)c1)C(=O)CN(c1ccc(Cl)cc1)S(=O)(=O)c1ccc(C)cc1. The maximum absolute atomic E-state index is 14.0. The van der Waals surface area contributed by atoms with Crippen LogP contribution in [-0.2, 0) is 26.2 Å². The lowest BCUT2D eigenvalue weighted by molar-refractivity contribution is -0.140. The molecule has 0 aliphatic rings. The quantitative estimate of drug-likeness (QED) is 0.265. The molecule has 0 saturated heterocycles. The topological polar surface area (TPSA) is 86.8 Å². The number of amides is 2. The molecule has 11 heteroatoms. The highest BCUT2D eigenvalue weighted by Gasteiger charge is 2.34. The summed E-state index contributed by atoms with van der Waals surface area (Å²) in [5.74, 6) is -0.909. The summed E-state index contributed by atoms with van der Waals surface area (Å²) >= 11 is 18.4. The zero-order valence-electron chi connectivity index (χ0n) is 22.7. The Morgan fingerprint density at radius 2 is 1.52 bits per heavy atom. The van der Waals surface area contributed by atoms with Crippen molar-refractivity contribution in [3.63, 3.8) is 0 Å². The minimum atomic E-state index is -4.17. The maximum atomic E-state index is 14.0. The molecule has 3 aromatic rings. The normalized spacial score (nSPS) is 12.2. The lowest BCUT2D eigenvalue weighted by Gasteiger charge is -2.33. The van der Waals surface area contributed by atoms with Crippen LogP contribution in [-0.4, -0.2) is 43.8 Å². The summed E-state index contributed by atoms with van der Waals surface area (Å²) in [6.45, 7) is 6.76. The zero-order chi connectivity index (χ0) is 29.6. The first-order valence-electron chi connectivity index (χ1n) is 12.7. The van der Waals surface area contributed by atoms with Crippen LogP contribution in [0.5, 0.6) is 0 Å². The van der Waals surface area contributed by atoms with Crippen molar-refractivity contribution in [2.24, 2.45) is 0 Å². The molecule has 0 unspecified atom stereocenters. The number of aryl methyl sites for hydroxylation is 1. The smallest absolute Gasteiger partial charge is 0.264 e. The predicted octanol–water partition coefficient (Wildman–Crippen LogP) is 6.48. The van der Waals surface area contributed by atoms with Crippen LogP contribution in [0.3, 0.4) is 0 Å². The highest BCUT2D eigenvalue weighted by molar-refractivity contribution is 7.92. The van der Waals surface area contributed by atoms with Gasteiger partial charge < -0.3 is 10.2 Å². The molecule has 0 aliphatic heterocycles.